The highest BCUT2D eigenvalue weighted by atomic mass is 19.1. The van der Waals surface area contributed by atoms with Gasteiger partial charge in [-0.3, -0.25) is 9.59 Å². The average molecular weight is 330 g/mol. The van der Waals surface area contributed by atoms with Crippen LogP contribution in [0.25, 0.3) is 0 Å². The summed E-state index contributed by atoms with van der Waals surface area (Å²) in [4.78, 5) is 22.9. The fraction of sp³-hybridized carbons (Fsp3) is 0.222. The van der Waals surface area contributed by atoms with Gasteiger partial charge in [0.05, 0.1) is 12.3 Å². The summed E-state index contributed by atoms with van der Waals surface area (Å²) in [5.74, 6) is -0.377. The Balaban J connectivity index is 1.78. The molecular weight excluding hydrogens is 311 g/mol. The van der Waals surface area contributed by atoms with Gasteiger partial charge < -0.3 is 15.4 Å². The summed E-state index contributed by atoms with van der Waals surface area (Å²) < 4.78 is 19.0. The van der Waals surface area contributed by atoms with Crippen LogP contribution in [0.2, 0.25) is 0 Å². The molecule has 126 valence electrons. The SMILES string of the molecule is CC(=O)Nc1cc(NC(=O)CCCOc2ccccc2)ccc1F. The van der Waals surface area contributed by atoms with E-state index in [0.717, 1.165) is 5.75 Å². The van der Waals surface area contributed by atoms with Crippen molar-refractivity contribution >= 4 is 23.2 Å². The van der Waals surface area contributed by atoms with Crippen LogP contribution in [0.5, 0.6) is 5.75 Å². The summed E-state index contributed by atoms with van der Waals surface area (Å²) in [6.07, 6.45) is 0.833. The zero-order chi connectivity index (χ0) is 17.4. The molecule has 0 saturated heterocycles. The van der Waals surface area contributed by atoms with Gasteiger partial charge in [-0.2, -0.15) is 0 Å². The van der Waals surface area contributed by atoms with Crippen LogP contribution >= 0.6 is 0 Å². The molecule has 2 aromatic carbocycles. The number of carbonyl (C=O) groups is 2. The van der Waals surface area contributed by atoms with E-state index in [2.05, 4.69) is 10.6 Å². The Morgan fingerprint density at radius 2 is 1.83 bits per heavy atom. The molecular formula is C18H19FN2O3. The van der Waals surface area contributed by atoms with Crippen molar-refractivity contribution in [2.75, 3.05) is 17.2 Å². The first-order chi connectivity index (χ1) is 11.5. The fourth-order valence-electron chi connectivity index (χ4n) is 2.05. The largest absolute Gasteiger partial charge is 0.494 e. The van der Waals surface area contributed by atoms with Gasteiger partial charge >= 0.3 is 0 Å². The van der Waals surface area contributed by atoms with Crippen LogP contribution < -0.4 is 15.4 Å². The maximum absolute atomic E-state index is 13.5. The Labute approximate surface area is 139 Å². The molecule has 0 radical (unpaired) electrons. The molecule has 0 unspecified atom stereocenters. The van der Waals surface area contributed by atoms with E-state index in [0.29, 0.717) is 18.7 Å². The Kier molecular flexibility index (Phi) is 6.31. The Hall–Kier alpha value is -2.89. The number of carbonyl (C=O) groups excluding carboxylic acids is 2. The van der Waals surface area contributed by atoms with Crippen LogP contribution in [0.3, 0.4) is 0 Å². The molecule has 2 rings (SSSR count). The van der Waals surface area contributed by atoms with Gasteiger partial charge in [0.25, 0.3) is 0 Å². The van der Waals surface area contributed by atoms with Crippen LogP contribution in [0.15, 0.2) is 48.5 Å². The second kappa shape index (κ2) is 8.67. The minimum absolute atomic E-state index is 0.0349. The lowest BCUT2D eigenvalue weighted by molar-refractivity contribution is -0.116. The fourth-order valence-corrected chi connectivity index (χ4v) is 2.05. The normalized spacial score (nSPS) is 10.1. The van der Waals surface area contributed by atoms with Gasteiger partial charge in [-0.05, 0) is 36.8 Å². The number of amides is 2. The van der Waals surface area contributed by atoms with Crippen molar-refractivity contribution in [3.05, 3.63) is 54.3 Å². The summed E-state index contributed by atoms with van der Waals surface area (Å²) in [5, 5.41) is 5.04. The maximum atomic E-state index is 13.5. The minimum Gasteiger partial charge on any atom is -0.494 e. The molecule has 5 nitrogen and oxygen atoms in total. The highest BCUT2D eigenvalue weighted by molar-refractivity contribution is 5.93. The van der Waals surface area contributed by atoms with Crippen LogP contribution in [-0.4, -0.2) is 18.4 Å². The molecule has 0 spiro atoms. The number of rotatable bonds is 7. The van der Waals surface area contributed by atoms with Crippen molar-refractivity contribution in [1.82, 2.24) is 0 Å². The van der Waals surface area contributed by atoms with E-state index < -0.39 is 5.82 Å². The first-order valence-corrected chi connectivity index (χ1v) is 7.59. The van der Waals surface area contributed by atoms with Crippen LogP contribution in [-0.2, 0) is 9.59 Å². The zero-order valence-electron chi connectivity index (χ0n) is 13.3. The lowest BCUT2D eigenvalue weighted by Gasteiger charge is -2.09. The summed E-state index contributed by atoms with van der Waals surface area (Å²) >= 11 is 0. The third-order valence-corrected chi connectivity index (χ3v) is 3.12. The molecule has 2 amide bonds. The van der Waals surface area contributed by atoms with Gasteiger partial charge in [0, 0.05) is 19.0 Å². The highest BCUT2D eigenvalue weighted by Gasteiger charge is 2.08. The molecule has 0 aliphatic heterocycles. The van der Waals surface area contributed by atoms with Crippen molar-refractivity contribution < 1.29 is 18.7 Å². The number of ether oxygens (including phenoxy) is 1. The molecule has 2 aromatic rings. The smallest absolute Gasteiger partial charge is 0.224 e. The van der Waals surface area contributed by atoms with E-state index in [1.54, 1.807) is 0 Å². The predicted octanol–water partition coefficient (Wildman–Crippen LogP) is 3.58. The van der Waals surface area contributed by atoms with Crippen molar-refractivity contribution in [2.45, 2.75) is 19.8 Å². The van der Waals surface area contributed by atoms with E-state index in [4.69, 9.17) is 4.74 Å². The van der Waals surface area contributed by atoms with Crippen molar-refractivity contribution in [3.8, 4) is 5.75 Å². The van der Waals surface area contributed by atoms with E-state index in [1.807, 2.05) is 30.3 Å². The third kappa shape index (κ3) is 5.72. The molecule has 0 fully saturated rings. The number of anilines is 2. The minimum atomic E-state index is -0.556. The number of benzene rings is 2. The van der Waals surface area contributed by atoms with Crippen LogP contribution in [0.4, 0.5) is 15.8 Å². The summed E-state index contributed by atoms with van der Waals surface area (Å²) in [6.45, 7) is 1.72. The number of halogens is 1. The van der Waals surface area contributed by atoms with Gasteiger partial charge in [0.2, 0.25) is 11.8 Å². The predicted molar refractivity (Wildman–Crippen MR) is 90.5 cm³/mol. The van der Waals surface area contributed by atoms with Gasteiger partial charge in [-0.25, -0.2) is 4.39 Å². The number of para-hydroxylation sites is 1. The molecule has 0 aromatic heterocycles. The molecule has 6 heteroatoms. The molecule has 24 heavy (non-hydrogen) atoms. The van der Waals surface area contributed by atoms with Crippen molar-refractivity contribution in [2.24, 2.45) is 0 Å². The Morgan fingerprint density at radius 1 is 1.08 bits per heavy atom. The second-order valence-corrected chi connectivity index (χ2v) is 5.19. The molecule has 0 bridgehead atoms. The van der Waals surface area contributed by atoms with Crippen LogP contribution in [0.1, 0.15) is 19.8 Å². The van der Waals surface area contributed by atoms with E-state index >= 15 is 0 Å². The highest BCUT2D eigenvalue weighted by Crippen LogP contribution is 2.20. The van der Waals surface area contributed by atoms with E-state index in [-0.39, 0.29) is 23.9 Å². The number of hydrogen-bond donors (Lipinski definition) is 2. The summed E-state index contributed by atoms with van der Waals surface area (Å²) in [5.41, 5.74) is 0.460. The van der Waals surface area contributed by atoms with Gasteiger partial charge in [-0.15, -0.1) is 0 Å². The molecule has 2 N–H and O–H groups in total. The Morgan fingerprint density at radius 3 is 2.54 bits per heavy atom. The Bertz CT molecular complexity index is 705. The van der Waals surface area contributed by atoms with Crippen molar-refractivity contribution in [3.63, 3.8) is 0 Å². The van der Waals surface area contributed by atoms with E-state index in [9.17, 15) is 14.0 Å². The molecule has 0 aliphatic carbocycles. The zero-order valence-corrected chi connectivity index (χ0v) is 13.3. The van der Waals surface area contributed by atoms with Crippen LogP contribution in [0, 0.1) is 5.82 Å². The lowest BCUT2D eigenvalue weighted by atomic mass is 10.2. The number of nitrogens with one attached hydrogen (secondary N) is 2. The van der Waals surface area contributed by atoms with Gasteiger partial charge in [0.15, 0.2) is 0 Å². The quantitative estimate of drug-likeness (QED) is 0.763. The second-order valence-electron chi connectivity index (χ2n) is 5.19. The number of hydrogen-bond acceptors (Lipinski definition) is 3. The molecule has 0 atom stereocenters. The molecule has 0 heterocycles. The first kappa shape index (κ1) is 17.5. The van der Waals surface area contributed by atoms with Gasteiger partial charge in [-0.1, -0.05) is 18.2 Å². The average Bonchev–Trinajstić information content (AvgIpc) is 2.55. The lowest BCUT2D eigenvalue weighted by Crippen LogP contribution is -2.14. The third-order valence-electron chi connectivity index (χ3n) is 3.12. The monoisotopic (exact) mass is 330 g/mol. The topological polar surface area (TPSA) is 67.4 Å². The van der Waals surface area contributed by atoms with Gasteiger partial charge in [0.1, 0.15) is 11.6 Å². The maximum Gasteiger partial charge on any atom is 0.224 e. The first-order valence-electron chi connectivity index (χ1n) is 7.59. The summed E-state index contributed by atoms with van der Waals surface area (Å²) in [7, 11) is 0. The molecule has 0 saturated carbocycles. The van der Waals surface area contributed by atoms with Crippen molar-refractivity contribution in [1.29, 1.82) is 0 Å². The molecule has 0 aliphatic rings. The standard InChI is InChI=1S/C18H19FN2O3/c1-13(22)20-17-12-14(9-10-16(17)19)21-18(23)8-5-11-24-15-6-3-2-4-7-15/h2-4,6-7,9-10,12H,5,8,11H2,1H3,(H,20,22)(H,21,23). The van der Waals surface area contributed by atoms with E-state index in [1.165, 1.54) is 25.1 Å². The summed E-state index contributed by atoms with van der Waals surface area (Å²) in [6, 6.07) is 13.4.